The molecule has 0 spiro atoms. The number of carbonyl (C=O) groups is 1. The van der Waals surface area contributed by atoms with Crippen molar-refractivity contribution in [1.29, 1.82) is 0 Å². The molecule has 8 nitrogen and oxygen atoms in total. The number of carbonyl (C=O) groups excluding carboxylic acids is 1. The van der Waals surface area contributed by atoms with Gasteiger partial charge in [0.1, 0.15) is 10.7 Å². The summed E-state index contributed by atoms with van der Waals surface area (Å²) in [6, 6.07) is 10.1. The van der Waals surface area contributed by atoms with Gasteiger partial charge in [-0.15, -0.1) is 27.8 Å². The SMILES string of the molecule is NC1CCN(c2ccccc2NC(=O)c2csc(-c3ccsc3C3=NCN=N3)n2)CC1. The number of anilines is 2. The number of nitrogens with one attached hydrogen (secondary N) is 1. The Balaban J connectivity index is 1.35. The lowest BCUT2D eigenvalue weighted by atomic mass is 10.0. The maximum atomic E-state index is 13.0. The van der Waals surface area contributed by atoms with Crippen LogP contribution in [-0.4, -0.2) is 42.5 Å². The number of hydrogen-bond acceptors (Lipinski definition) is 9. The molecule has 0 radical (unpaired) electrons. The number of azo groups is 1. The fourth-order valence-corrected chi connectivity index (χ4v) is 5.42. The molecular formula is C21H21N7OS2. The third-order valence-corrected chi connectivity index (χ3v) is 7.10. The Hall–Kier alpha value is -2.95. The highest BCUT2D eigenvalue weighted by atomic mass is 32.1. The van der Waals surface area contributed by atoms with Crippen LogP contribution in [0.4, 0.5) is 11.4 Å². The Kier molecular flexibility index (Phi) is 5.58. The molecule has 1 fully saturated rings. The van der Waals surface area contributed by atoms with Crippen LogP contribution < -0.4 is 16.0 Å². The van der Waals surface area contributed by atoms with Crippen LogP contribution in [-0.2, 0) is 0 Å². The maximum Gasteiger partial charge on any atom is 0.275 e. The predicted octanol–water partition coefficient (Wildman–Crippen LogP) is 4.22. The summed E-state index contributed by atoms with van der Waals surface area (Å²) in [5.41, 5.74) is 9.17. The minimum atomic E-state index is -0.224. The summed E-state index contributed by atoms with van der Waals surface area (Å²) in [6.07, 6.45) is 1.90. The number of thiophene rings is 1. The van der Waals surface area contributed by atoms with Crippen molar-refractivity contribution in [3.63, 3.8) is 0 Å². The minimum absolute atomic E-state index is 0.224. The van der Waals surface area contributed by atoms with Gasteiger partial charge in [0.25, 0.3) is 5.91 Å². The van der Waals surface area contributed by atoms with Crippen LogP contribution in [0, 0.1) is 0 Å². The number of nitrogens with two attached hydrogens (primary N) is 1. The monoisotopic (exact) mass is 451 g/mol. The third kappa shape index (κ3) is 4.14. The van der Waals surface area contributed by atoms with Gasteiger partial charge in [0, 0.05) is 30.1 Å². The largest absolute Gasteiger partial charge is 0.370 e. The highest BCUT2D eigenvalue weighted by molar-refractivity contribution is 7.15. The molecule has 3 aromatic rings. The fourth-order valence-electron chi connectivity index (χ4n) is 3.68. The number of nitrogens with zero attached hydrogens (tertiary/aromatic N) is 5. The molecule has 2 aliphatic rings. The first kappa shape index (κ1) is 20.0. The lowest BCUT2D eigenvalue weighted by Crippen LogP contribution is -2.40. The van der Waals surface area contributed by atoms with E-state index in [9.17, 15) is 4.79 Å². The average molecular weight is 452 g/mol. The number of para-hydroxylation sites is 2. The van der Waals surface area contributed by atoms with E-state index in [1.165, 1.54) is 11.3 Å². The molecule has 5 rings (SSSR count). The molecule has 3 N–H and O–H groups in total. The van der Waals surface area contributed by atoms with Crippen LogP contribution in [0.5, 0.6) is 0 Å². The quantitative estimate of drug-likeness (QED) is 0.605. The number of amidine groups is 1. The third-order valence-electron chi connectivity index (χ3n) is 5.32. The summed E-state index contributed by atoms with van der Waals surface area (Å²) in [7, 11) is 0. The average Bonchev–Trinajstić information content (AvgIpc) is 3.55. The van der Waals surface area contributed by atoms with E-state index >= 15 is 0 Å². The number of hydrogen-bond donors (Lipinski definition) is 2. The smallest absolute Gasteiger partial charge is 0.275 e. The van der Waals surface area contributed by atoms with Crippen LogP contribution in [0.1, 0.15) is 28.2 Å². The molecule has 1 aromatic carbocycles. The molecule has 1 amide bonds. The van der Waals surface area contributed by atoms with Crippen LogP contribution in [0.25, 0.3) is 10.6 Å². The molecule has 0 saturated carbocycles. The van der Waals surface area contributed by atoms with E-state index in [2.05, 4.69) is 30.4 Å². The molecule has 0 atom stereocenters. The number of rotatable bonds is 5. The number of benzene rings is 1. The van der Waals surface area contributed by atoms with Gasteiger partial charge in [-0.2, -0.15) is 5.11 Å². The standard InChI is InChI=1S/C21H21N7OS2/c22-13-5-8-28(9-6-13)17-4-2-1-3-15(17)25-20(29)16-11-31-21(26-16)14-7-10-30-18(14)19-23-12-24-27-19/h1-4,7,10-11,13H,5-6,8-9,12,22H2,(H,25,29). The summed E-state index contributed by atoms with van der Waals surface area (Å²) in [6.45, 7) is 2.13. The minimum Gasteiger partial charge on any atom is -0.370 e. The molecule has 2 aromatic heterocycles. The highest BCUT2D eigenvalue weighted by Crippen LogP contribution is 2.33. The van der Waals surface area contributed by atoms with Crippen molar-refractivity contribution in [1.82, 2.24) is 4.98 Å². The van der Waals surface area contributed by atoms with E-state index in [1.807, 2.05) is 35.7 Å². The van der Waals surface area contributed by atoms with Gasteiger partial charge in [0.2, 0.25) is 0 Å². The van der Waals surface area contributed by atoms with E-state index in [0.29, 0.717) is 18.2 Å². The van der Waals surface area contributed by atoms with Gasteiger partial charge in [-0.05, 0) is 36.4 Å². The topological polar surface area (TPSA) is 108 Å². The second-order valence-corrected chi connectivity index (χ2v) is 9.14. The first-order valence-corrected chi connectivity index (χ1v) is 11.8. The summed E-state index contributed by atoms with van der Waals surface area (Å²) in [4.78, 5) is 25.1. The molecule has 1 saturated heterocycles. The summed E-state index contributed by atoms with van der Waals surface area (Å²) in [5, 5.41) is 15.6. The molecule has 4 heterocycles. The number of aliphatic imine (C=N–C) groups is 1. The van der Waals surface area contributed by atoms with Gasteiger partial charge >= 0.3 is 0 Å². The van der Waals surface area contributed by atoms with Crippen LogP contribution in [0.2, 0.25) is 0 Å². The normalized spacial score (nSPS) is 16.5. The number of piperidine rings is 1. The summed E-state index contributed by atoms with van der Waals surface area (Å²) >= 11 is 2.98. The predicted molar refractivity (Wildman–Crippen MR) is 126 cm³/mol. The first-order valence-electron chi connectivity index (χ1n) is 10.1. The Morgan fingerprint density at radius 2 is 2.00 bits per heavy atom. The molecule has 0 unspecified atom stereocenters. The van der Waals surface area contributed by atoms with Crippen molar-refractivity contribution < 1.29 is 4.79 Å². The van der Waals surface area contributed by atoms with Crippen LogP contribution in [0.15, 0.2) is 56.3 Å². The van der Waals surface area contributed by atoms with E-state index in [1.54, 1.807) is 16.7 Å². The Morgan fingerprint density at radius 1 is 1.16 bits per heavy atom. The van der Waals surface area contributed by atoms with Crippen molar-refractivity contribution in [3.8, 4) is 10.6 Å². The molecule has 2 aliphatic heterocycles. The molecule has 31 heavy (non-hydrogen) atoms. The number of aromatic nitrogens is 1. The van der Waals surface area contributed by atoms with Crippen molar-refractivity contribution in [2.75, 3.05) is 30.0 Å². The molecule has 10 heteroatoms. The van der Waals surface area contributed by atoms with Crippen molar-refractivity contribution in [3.05, 3.63) is 51.7 Å². The van der Waals surface area contributed by atoms with Crippen LogP contribution in [0.3, 0.4) is 0 Å². The lowest BCUT2D eigenvalue weighted by Gasteiger charge is -2.33. The second kappa shape index (κ2) is 8.66. The maximum absolute atomic E-state index is 13.0. The zero-order chi connectivity index (χ0) is 21.2. The Labute approximate surface area is 187 Å². The van der Waals surface area contributed by atoms with Gasteiger partial charge < -0.3 is 16.0 Å². The summed E-state index contributed by atoms with van der Waals surface area (Å²) in [5.74, 6) is 0.403. The Morgan fingerprint density at radius 3 is 2.81 bits per heavy atom. The van der Waals surface area contributed by atoms with Crippen LogP contribution >= 0.6 is 22.7 Å². The number of thiazole rings is 1. The Bertz CT molecular complexity index is 1160. The lowest BCUT2D eigenvalue weighted by molar-refractivity contribution is 0.102. The molecule has 0 bridgehead atoms. The van der Waals surface area contributed by atoms with Gasteiger partial charge in [-0.1, -0.05) is 12.1 Å². The van der Waals surface area contributed by atoms with Crippen molar-refractivity contribution in [2.24, 2.45) is 21.0 Å². The zero-order valence-corrected chi connectivity index (χ0v) is 18.3. The molecule has 0 aliphatic carbocycles. The molecular weight excluding hydrogens is 430 g/mol. The summed E-state index contributed by atoms with van der Waals surface area (Å²) < 4.78 is 0. The van der Waals surface area contributed by atoms with E-state index in [0.717, 1.165) is 52.8 Å². The zero-order valence-electron chi connectivity index (χ0n) is 16.7. The van der Waals surface area contributed by atoms with Crippen molar-refractivity contribution >= 4 is 45.8 Å². The highest BCUT2D eigenvalue weighted by Gasteiger charge is 2.21. The first-order chi connectivity index (χ1) is 15.2. The van der Waals surface area contributed by atoms with E-state index in [4.69, 9.17) is 5.73 Å². The van der Waals surface area contributed by atoms with E-state index in [-0.39, 0.29) is 11.9 Å². The second-order valence-electron chi connectivity index (χ2n) is 7.36. The number of amides is 1. The van der Waals surface area contributed by atoms with Gasteiger partial charge in [-0.25, -0.2) is 9.98 Å². The molecule has 158 valence electrons. The van der Waals surface area contributed by atoms with Crippen molar-refractivity contribution in [2.45, 2.75) is 18.9 Å². The van der Waals surface area contributed by atoms with E-state index < -0.39 is 0 Å². The van der Waals surface area contributed by atoms with Gasteiger partial charge in [0.15, 0.2) is 12.5 Å². The van der Waals surface area contributed by atoms with Gasteiger partial charge in [0.05, 0.1) is 16.3 Å². The fraction of sp³-hybridized carbons (Fsp3) is 0.286. The van der Waals surface area contributed by atoms with Gasteiger partial charge in [-0.3, -0.25) is 4.79 Å².